The average Bonchev–Trinajstić information content (AvgIpc) is 2.94. The van der Waals surface area contributed by atoms with E-state index in [1.54, 1.807) is 6.07 Å². The van der Waals surface area contributed by atoms with Gasteiger partial charge in [0.15, 0.2) is 0 Å². The van der Waals surface area contributed by atoms with Crippen molar-refractivity contribution in [3.63, 3.8) is 0 Å². The Bertz CT molecular complexity index is 582. The van der Waals surface area contributed by atoms with Crippen molar-refractivity contribution in [1.29, 1.82) is 0 Å². The number of hydrogen-bond donors (Lipinski definition) is 1. The van der Waals surface area contributed by atoms with Gasteiger partial charge in [0, 0.05) is 11.4 Å². The number of aryl methyl sites for hydroxylation is 1. The molecule has 114 valence electrons. The minimum absolute atomic E-state index is 0.0493. The summed E-state index contributed by atoms with van der Waals surface area (Å²) in [6.45, 7) is 5.08. The first kappa shape index (κ1) is 16.1. The van der Waals surface area contributed by atoms with Gasteiger partial charge in [0.1, 0.15) is 17.3 Å². The number of furan rings is 1. The van der Waals surface area contributed by atoms with Crippen molar-refractivity contribution in [1.82, 2.24) is 5.32 Å². The molecule has 0 bridgehead atoms. The molecule has 0 aliphatic rings. The second-order valence-corrected chi connectivity index (χ2v) is 5.51. The molecular formula is C17H21ClFNO. The maximum atomic E-state index is 13.1. The average molecular weight is 310 g/mol. The molecule has 0 saturated carbocycles. The van der Waals surface area contributed by atoms with Crippen molar-refractivity contribution in [2.45, 2.75) is 39.2 Å². The SMILES string of the molecule is CCCNC(Cc1ccc(F)cc1Cl)c1ccc(CC)o1. The Morgan fingerprint density at radius 1 is 1.24 bits per heavy atom. The molecule has 2 rings (SSSR count). The molecule has 1 aromatic heterocycles. The van der Waals surface area contributed by atoms with Gasteiger partial charge in [-0.05, 0) is 49.2 Å². The molecule has 1 heterocycles. The standard InChI is InChI=1S/C17H21ClFNO/c1-3-9-20-16(17-8-7-14(4-2)21-17)10-12-5-6-13(19)11-15(12)18/h5-8,11,16,20H,3-4,9-10H2,1-2H3. The zero-order valence-electron chi connectivity index (χ0n) is 12.5. The van der Waals surface area contributed by atoms with Crippen molar-refractivity contribution in [2.75, 3.05) is 6.54 Å². The summed E-state index contributed by atoms with van der Waals surface area (Å²) in [5, 5.41) is 3.93. The lowest BCUT2D eigenvalue weighted by molar-refractivity contribution is 0.392. The predicted octanol–water partition coefficient (Wildman–Crippen LogP) is 4.92. The van der Waals surface area contributed by atoms with Crippen LogP contribution < -0.4 is 5.32 Å². The van der Waals surface area contributed by atoms with Gasteiger partial charge in [-0.15, -0.1) is 0 Å². The van der Waals surface area contributed by atoms with Gasteiger partial charge in [-0.1, -0.05) is 31.5 Å². The van der Waals surface area contributed by atoms with Crippen LogP contribution in [0, 0.1) is 5.82 Å². The van der Waals surface area contributed by atoms with Crippen molar-refractivity contribution in [3.05, 3.63) is 58.3 Å². The van der Waals surface area contributed by atoms with Gasteiger partial charge in [0.25, 0.3) is 0 Å². The summed E-state index contributed by atoms with van der Waals surface area (Å²) in [5.41, 5.74) is 0.918. The zero-order valence-corrected chi connectivity index (χ0v) is 13.2. The van der Waals surface area contributed by atoms with Gasteiger partial charge in [-0.25, -0.2) is 4.39 Å². The lowest BCUT2D eigenvalue weighted by Gasteiger charge is -2.17. The summed E-state index contributed by atoms with van der Waals surface area (Å²) in [6.07, 6.45) is 2.59. The van der Waals surface area contributed by atoms with Crippen LogP contribution in [0.25, 0.3) is 0 Å². The highest BCUT2D eigenvalue weighted by Gasteiger charge is 2.17. The Labute approximate surface area is 130 Å². The van der Waals surface area contributed by atoms with Gasteiger partial charge in [-0.2, -0.15) is 0 Å². The van der Waals surface area contributed by atoms with E-state index in [-0.39, 0.29) is 11.9 Å². The van der Waals surface area contributed by atoms with E-state index >= 15 is 0 Å². The molecule has 0 amide bonds. The quantitative estimate of drug-likeness (QED) is 0.785. The van der Waals surface area contributed by atoms with Crippen LogP contribution in [0.5, 0.6) is 0 Å². The van der Waals surface area contributed by atoms with Crippen LogP contribution in [0.2, 0.25) is 5.02 Å². The van der Waals surface area contributed by atoms with Gasteiger partial charge < -0.3 is 9.73 Å². The minimum atomic E-state index is -0.312. The second-order valence-electron chi connectivity index (χ2n) is 5.10. The van der Waals surface area contributed by atoms with E-state index in [0.29, 0.717) is 11.4 Å². The predicted molar refractivity (Wildman–Crippen MR) is 84.2 cm³/mol. The highest BCUT2D eigenvalue weighted by atomic mass is 35.5. The third-order valence-corrected chi connectivity index (χ3v) is 3.81. The van der Waals surface area contributed by atoms with E-state index in [9.17, 15) is 4.39 Å². The van der Waals surface area contributed by atoms with Crippen molar-refractivity contribution < 1.29 is 8.81 Å². The van der Waals surface area contributed by atoms with Crippen LogP contribution in [0.1, 0.15) is 43.4 Å². The van der Waals surface area contributed by atoms with Gasteiger partial charge in [0.2, 0.25) is 0 Å². The summed E-state index contributed by atoms with van der Waals surface area (Å²) in [7, 11) is 0. The molecule has 4 heteroatoms. The number of hydrogen-bond acceptors (Lipinski definition) is 2. The van der Waals surface area contributed by atoms with Crippen LogP contribution >= 0.6 is 11.6 Å². The first-order valence-electron chi connectivity index (χ1n) is 7.40. The largest absolute Gasteiger partial charge is 0.464 e. The summed E-state index contributed by atoms with van der Waals surface area (Å²) in [6, 6.07) is 8.59. The molecule has 1 unspecified atom stereocenters. The molecule has 0 spiro atoms. The smallest absolute Gasteiger partial charge is 0.124 e. The van der Waals surface area contributed by atoms with Crippen LogP contribution in [0.4, 0.5) is 4.39 Å². The molecule has 21 heavy (non-hydrogen) atoms. The van der Waals surface area contributed by atoms with E-state index in [2.05, 4.69) is 19.2 Å². The topological polar surface area (TPSA) is 25.2 Å². The van der Waals surface area contributed by atoms with Gasteiger partial charge in [0.05, 0.1) is 6.04 Å². The Kier molecular flexibility index (Phi) is 5.83. The van der Waals surface area contributed by atoms with Gasteiger partial charge in [-0.3, -0.25) is 0 Å². The molecule has 1 atom stereocenters. The first-order valence-corrected chi connectivity index (χ1v) is 7.77. The third-order valence-electron chi connectivity index (χ3n) is 3.45. The molecule has 2 nitrogen and oxygen atoms in total. The molecule has 1 N–H and O–H groups in total. The lowest BCUT2D eigenvalue weighted by Crippen LogP contribution is -2.23. The minimum Gasteiger partial charge on any atom is -0.464 e. The van der Waals surface area contributed by atoms with E-state index in [0.717, 1.165) is 36.5 Å². The van der Waals surface area contributed by atoms with Crippen LogP contribution in [0.3, 0.4) is 0 Å². The monoisotopic (exact) mass is 309 g/mol. The number of nitrogens with one attached hydrogen (secondary N) is 1. The Morgan fingerprint density at radius 3 is 2.67 bits per heavy atom. The highest BCUT2D eigenvalue weighted by Crippen LogP contribution is 2.26. The molecule has 1 aromatic carbocycles. The fraction of sp³-hybridized carbons (Fsp3) is 0.412. The fourth-order valence-corrected chi connectivity index (χ4v) is 2.52. The second kappa shape index (κ2) is 7.62. The summed E-state index contributed by atoms with van der Waals surface area (Å²) in [4.78, 5) is 0. The van der Waals surface area contributed by atoms with Crippen LogP contribution in [-0.4, -0.2) is 6.54 Å². The highest BCUT2D eigenvalue weighted by molar-refractivity contribution is 6.31. The zero-order chi connectivity index (χ0) is 15.2. The molecule has 0 aliphatic heterocycles. The Balaban J connectivity index is 2.19. The summed E-state index contributed by atoms with van der Waals surface area (Å²) in [5.74, 6) is 1.56. The molecule has 2 aromatic rings. The normalized spacial score (nSPS) is 12.6. The lowest BCUT2D eigenvalue weighted by atomic mass is 10.0. The van der Waals surface area contributed by atoms with Crippen molar-refractivity contribution in [3.8, 4) is 0 Å². The molecule has 0 aliphatic carbocycles. The summed E-state index contributed by atoms with van der Waals surface area (Å²) >= 11 is 6.13. The summed E-state index contributed by atoms with van der Waals surface area (Å²) < 4.78 is 19.0. The van der Waals surface area contributed by atoms with E-state index in [1.807, 2.05) is 12.1 Å². The van der Waals surface area contributed by atoms with Crippen LogP contribution in [0.15, 0.2) is 34.7 Å². The molecular weight excluding hydrogens is 289 g/mol. The third kappa shape index (κ3) is 4.32. The van der Waals surface area contributed by atoms with Gasteiger partial charge >= 0.3 is 0 Å². The van der Waals surface area contributed by atoms with Crippen molar-refractivity contribution in [2.24, 2.45) is 0 Å². The first-order chi connectivity index (χ1) is 10.1. The number of rotatable bonds is 7. The van der Waals surface area contributed by atoms with E-state index in [4.69, 9.17) is 16.0 Å². The number of halogens is 2. The van der Waals surface area contributed by atoms with Crippen LogP contribution in [-0.2, 0) is 12.8 Å². The Morgan fingerprint density at radius 2 is 2.05 bits per heavy atom. The maximum Gasteiger partial charge on any atom is 0.124 e. The molecule has 0 fully saturated rings. The number of benzene rings is 1. The molecule has 0 saturated heterocycles. The Hall–Kier alpha value is -1.32. The van der Waals surface area contributed by atoms with E-state index < -0.39 is 0 Å². The fourth-order valence-electron chi connectivity index (χ4n) is 2.27. The maximum absolute atomic E-state index is 13.1. The molecule has 0 radical (unpaired) electrons. The van der Waals surface area contributed by atoms with E-state index in [1.165, 1.54) is 12.1 Å². The van der Waals surface area contributed by atoms with Crippen molar-refractivity contribution >= 4 is 11.6 Å².